The second-order valence-electron chi connectivity index (χ2n) is 10.0. The molecule has 3 aromatic carbocycles. The number of anilines is 2. The Morgan fingerprint density at radius 1 is 1.07 bits per heavy atom. The van der Waals surface area contributed by atoms with Crippen LogP contribution in [0.25, 0.3) is 0 Å². The molecular weight excluding hydrogens is 525 g/mol. The van der Waals surface area contributed by atoms with Crippen molar-refractivity contribution in [2.75, 3.05) is 10.6 Å². The van der Waals surface area contributed by atoms with Crippen LogP contribution in [0.4, 0.5) is 16.0 Å². The highest BCUT2D eigenvalue weighted by molar-refractivity contribution is 7.98. The molecule has 9 heteroatoms. The van der Waals surface area contributed by atoms with E-state index in [0.717, 1.165) is 28.1 Å². The topological polar surface area (TPSA) is 81.1 Å². The van der Waals surface area contributed by atoms with Crippen LogP contribution in [0.2, 0.25) is 0 Å². The molecule has 0 saturated heterocycles. The number of nitrogens with zero attached hydrogens (tertiary/aromatic N) is 3. The minimum absolute atomic E-state index is 0.0433. The van der Waals surface area contributed by atoms with Crippen molar-refractivity contribution in [3.05, 3.63) is 106 Å². The second-order valence-corrected chi connectivity index (χ2v) is 11.0. The number of allylic oxidation sites excluding steroid dienone is 1. The summed E-state index contributed by atoms with van der Waals surface area (Å²) in [7, 11) is 0. The maximum atomic E-state index is 14.2. The lowest BCUT2D eigenvalue weighted by Crippen LogP contribution is -2.31. The number of nitrogens with one attached hydrogen (secondary N) is 2. The molecule has 0 bridgehead atoms. The molecular formula is C31H32FN5O2S. The summed E-state index contributed by atoms with van der Waals surface area (Å²) in [5.74, 6) is 1.16. The largest absolute Gasteiger partial charge is 0.491 e. The molecule has 2 N–H and O–H groups in total. The Balaban J connectivity index is 1.50. The highest BCUT2D eigenvalue weighted by Crippen LogP contribution is 2.38. The maximum Gasteiger partial charge on any atom is 0.255 e. The van der Waals surface area contributed by atoms with Gasteiger partial charge in [0, 0.05) is 17.1 Å². The third-order valence-electron chi connectivity index (χ3n) is 6.81. The highest BCUT2D eigenvalue weighted by Gasteiger charge is 2.34. The number of halogens is 1. The third kappa shape index (κ3) is 5.74. The quantitative estimate of drug-likeness (QED) is 0.226. The molecule has 1 amide bonds. The van der Waals surface area contributed by atoms with Crippen LogP contribution in [0.1, 0.15) is 49.1 Å². The van der Waals surface area contributed by atoms with Crippen molar-refractivity contribution in [3.63, 3.8) is 0 Å². The standard InChI is InChI=1S/C31H32FN5O2S/c1-18(2)39-24-15-13-22(14-16-24)28-27(29(38)34-26-12-8-9-19(3)20(26)4)21(5)33-30-35-31(36-37(28)30)40-17-23-10-6-7-11-25(23)32/h6-16,18,28H,17H2,1-5H3,(H,34,38)(H,33,35,36). The van der Waals surface area contributed by atoms with Gasteiger partial charge in [-0.3, -0.25) is 4.79 Å². The van der Waals surface area contributed by atoms with Crippen molar-refractivity contribution in [2.45, 2.75) is 57.7 Å². The molecule has 40 heavy (non-hydrogen) atoms. The molecule has 0 saturated carbocycles. The van der Waals surface area contributed by atoms with Gasteiger partial charge < -0.3 is 15.4 Å². The van der Waals surface area contributed by atoms with Gasteiger partial charge in [-0.2, -0.15) is 4.98 Å². The number of fused-ring (bicyclic) bond motifs is 1. The number of carbonyl (C=O) groups excluding carboxylic acids is 1. The van der Waals surface area contributed by atoms with Gasteiger partial charge in [-0.15, -0.1) is 5.10 Å². The Bertz CT molecular complexity index is 1580. The Hall–Kier alpha value is -4.11. The molecule has 7 nitrogen and oxygen atoms in total. The normalized spacial score (nSPS) is 14.6. The molecule has 5 rings (SSSR count). The molecule has 1 unspecified atom stereocenters. The molecule has 4 aromatic rings. The van der Waals surface area contributed by atoms with Crippen LogP contribution in [-0.4, -0.2) is 26.8 Å². The summed E-state index contributed by atoms with van der Waals surface area (Å²) in [6.45, 7) is 9.83. The predicted molar refractivity (Wildman–Crippen MR) is 157 cm³/mol. The van der Waals surface area contributed by atoms with Gasteiger partial charge in [0.1, 0.15) is 17.6 Å². The van der Waals surface area contributed by atoms with E-state index in [0.29, 0.717) is 33.7 Å². The third-order valence-corrected chi connectivity index (χ3v) is 7.70. The van der Waals surface area contributed by atoms with Crippen molar-refractivity contribution in [1.29, 1.82) is 0 Å². The average Bonchev–Trinajstić information content (AvgIpc) is 3.32. The number of aryl methyl sites for hydroxylation is 1. The molecule has 1 aliphatic rings. The first-order chi connectivity index (χ1) is 19.2. The predicted octanol–water partition coefficient (Wildman–Crippen LogP) is 7.04. The first-order valence-electron chi connectivity index (χ1n) is 13.2. The first-order valence-corrected chi connectivity index (χ1v) is 14.1. The summed E-state index contributed by atoms with van der Waals surface area (Å²) >= 11 is 1.34. The van der Waals surface area contributed by atoms with E-state index in [-0.39, 0.29) is 17.8 Å². The smallest absolute Gasteiger partial charge is 0.255 e. The fourth-order valence-electron chi connectivity index (χ4n) is 4.63. The highest BCUT2D eigenvalue weighted by atomic mass is 32.2. The van der Waals surface area contributed by atoms with Gasteiger partial charge in [0.15, 0.2) is 0 Å². The zero-order valence-electron chi connectivity index (χ0n) is 23.2. The monoisotopic (exact) mass is 557 g/mol. The Morgan fingerprint density at radius 3 is 2.55 bits per heavy atom. The maximum absolute atomic E-state index is 14.2. The Labute approximate surface area is 237 Å². The van der Waals surface area contributed by atoms with Crippen molar-refractivity contribution < 1.29 is 13.9 Å². The zero-order chi connectivity index (χ0) is 28.4. The van der Waals surface area contributed by atoms with E-state index in [1.165, 1.54) is 17.8 Å². The van der Waals surface area contributed by atoms with Crippen LogP contribution in [0.5, 0.6) is 5.75 Å². The fourth-order valence-corrected chi connectivity index (χ4v) is 5.45. The van der Waals surface area contributed by atoms with Crippen molar-refractivity contribution in [2.24, 2.45) is 0 Å². The van der Waals surface area contributed by atoms with Crippen LogP contribution in [-0.2, 0) is 10.5 Å². The van der Waals surface area contributed by atoms with Gasteiger partial charge in [-0.05, 0) is 81.1 Å². The van der Waals surface area contributed by atoms with E-state index in [4.69, 9.17) is 9.84 Å². The molecule has 0 radical (unpaired) electrons. The van der Waals surface area contributed by atoms with Crippen LogP contribution in [0.3, 0.4) is 0 Å². The summed E-state index contributed by atoms with van der Waals surface area (Å²) in [6, 6.07) is 19.7. The Morgan fingerprint density at radius 2 is 1.82 bits per heavy atom. The summed E-state index contributed by atoms with van der Waals surface area (Å²) in [5, 5.41) is 11.6. The molecule has 1 atom stereocenters. The van der Waals surface area contributed by atoms with Gasteiger partial charge in [0.2, 0.25) is 11.1 Å². The summed E-state index contributed by atoms with van der Waals surface area (Å²) in [4.78, 5) is 18.5. The zero-order valence-corrected chi connectivity index (χ0v) is 24.0. The summed E-state index contributed by atoms with van der Waals surface area (Å²) < 4.78 is 21.8. The second kappa shape index (κ2) is 11.6. The summed E-state index contributed by atoms with van der Waals surface area (Å²) in [5.41, 5.74) is 5.52. The molecule has 1 aliphatic heterocycles. The van der Waals surface area contributed by atoms with E-state index in [2.05, 4.69) is 15.6 Å². The number of carbonyl (C=O) groups is 1. The van der Waals surface area contributed by atoms with Gasteiger partial charge >= 0.3 is 0 Å². The molecule has 0 aliphatic carbocycles. The van der Waals surface area contributed by atoms with Crippen LogP contribution >= 0.6 is 11.8 Å². The molecule has 206 valence electrons. The van der Waals surface area contributed by atoms with Gasteiger partial charge in [-0.25, -0.2) is 9.07 Å². The van der Waals surface area contributed by atoms with Crippen LogP contribution in [0.15, 0.2) is 83.2 Å². The van der Waals surface area contributed by atoms with Crippen LogP contribution < -0.4 is 15.4 Å². The lowest BCUT2D eigenvalue weighted by Gasteiger charge is -2.29. The van der Waals surface area contributed by atoms with E-state index in [1.54, 1.807) is 16.8 Å². The lowest BCUT2D eigenvalue weighted by atomic mass is 9.94. The van der Waals surface area contributed by atoms with Crippen molar-refractivity contribution in [1.82, 2.24) is 14.8 Å². The van der Waals surface area contributed by atoms with Gasteiger partial charge in [0.05, 0.1) is 11.7 Å². The van der Waals surface area contributed by atoms with Crippen molar-refractivity contribution >= 4 is 29.3 Å². The Kier molecular flexibility index (Phi) is 7.93. The van der Waals surface area contributed by atoms with E-state index in [1.807, 2.05) is 83.1 Å². The minimum Gasteiger partial charge on any atom is -0.491 e. The number of ether oxygens (including phenoxy) is 1. The fraction of sp³-hybridized carbons (Fsp3) is 0.258. The number of hydrogen-bond donors (Lipinski definition) is 2. The van der Waals surface area contributed by atoms with Gasteiger partial charge in [-0.1, -0.05) is 54.2 Å². The van der Waals surface area contributed by atoms with Crippen LogP contribution in [0, 0.1) is 19.7 Å². The van der Waals surface area contributed by atoms with Crippen molar-refractivity contribution in [3.8, 4) is 5.75 Å². The SMILES string of the molecule is CC1=C(C(=O)Nc2cccc(C)c2C)C(c2ccc(OC(C)C)cc2)n2nc(SCc3ccccc3F)nc2N1. The molecule has 1 aromatic heterocycles. The van der Waals surface area contributed by atoms with E-state index < -0.39 is 6.04 Å². The number of thioether (sulfide) groups is 1. The van der Waals surface area contributed by atoms with E-state index >= 15 is 0 Å². The number of rotatable bonds is 8. The lowest BCUT2D eigenvalue weighted by molar-refractivity contribution is -0.113. The minimum atomic E-state index is -0.537. The molecule has 2 heterocycles. The number of benzene rings is 3. The number of amides is 1. The molecule has 0 spiro atoms. The average molecular weight is 558 g/mol. The number of aromatic nitrogens is 3. The first kappa shape index (κ1) is 27.5. The summed E-state index contributed by atoms with van der Waals surface area (Å²) in [6.07, 6.45) is 0.0433. The molecule has 0 fully saturated rings. The number of hydrogen-bond acceptors (Lipinski definition) is 6. The van der Waals surface area contributed by atoms with Gasteiger partial charge in [0.25, 0.3) is 5.91 Å². The van der Waals surface area contributed by atoms with E-state index in [9.17, 15) is 9.18 Å².